The van der Waals surface area contributed by atoms with Gasteiger partial charge in [0.2, 0.25) is 5.13 Å². The van der Waals surface area contributed by atoms with Crippen molar-refractivity contribution >= 4 is 57.3 Å². The molecule has 0 aliphatic carbocycles. The lowest BCUT2D eigenvalue weighted by Gasteiger charge is -2.22. The number of aromatic nitrogens is 2. The van der Waals surface area contributed by atoms with E-state index >= 15 is 0 Å². The molecule has 2 heterocycles. The van der Waals surface area contributed by atoms with Gasteiger partial charge in [-0.2, -0.15) is 0 Å². The minimum Gasteiger partial charge on any atom is -0.507 e. The molecule has 226 valence electrons. The summed E-state index contributed by atoms with van der Waals surface area (Å²) in [6, 6.07) is 28.9. The van der Waals surface area contributed by atoms with Gasteiger partial charge >= 0.3 is 5.91 Å². The second kappa shape index (κ2) is 13.3. The second-order valence-corrected chi connectivity index (χ2v) is 13.2. The van der Waals surface area contributed by atoms with Crippen LogP contribution in [0.3, 0.4) is 0 Å². The number of hydrogen-bond donors (Lipinski definition) is 1. The van der Waals surface area contributed by atoms with Crippen LogP contribution in [0.15, 0.2) is 107 Å². The van der Waals surface area contributed by atoms with Gasteiger partial charge in [0.15, 0.2) is 4.34 Å². The Balaban J connectivity index is 1.30. The van der Waals surface area contributed by atoms with Crippen LogP contribution in [0.5, 0.6) is 5.75 Å². The molecule has 45 heavy (non-hydrogen) atoms. The number of benzene rings is 4. The number of amides is 1. The van der Waals surface area contributed by atoms with Crippen LogP contribution in [-0.4, -0.2) is 27.0 Å². The van der Waals surface area contributed by atoms with E-state index in [2.05, 4.69) is 34.5 Å². The van der Waals surface area contributed by atoms with Gasteiger partial charge in [0.1, 0.15) is 18.1 Å². The molecule has 1 amide bonds. The third-order valence-electron chi connectivity index (χ3n) is 7.48. The fourth-order valence-electron chi connectivity index (χ4n) is 5.01. The Bertz CT molecular complexity index is 1910. The number of ketones is 1. The summed E-state index contributed by atoms with van der Waals surface area (Å²) in [6.45, 7) is 4.46. The molecule has 0 bridgehead atoms. The van der Waals surface area contributed by atoms with E-state index in [9.17, 15) is 14.7 Å². The number of carbonyl (C=O) groups excluding carboxylic acids is 2. The topological polar surface area (TPSA) is 92.6 Å². The molecule has 1 fully saturated rings. The first-order valence-corrected chi connectivity index (χ1v) is 16.3. The fraction of sp³-hybridized carbons (Fsp3) is 0.143. The van der Waals surface area contributed by atoms with E-state index in [-0.39, 0.29) is 16.5 Å². The molecule has 0 saturated carbocycles. The average molecular weight is 654 g/mol. The summed E-state index contributed by atoms with van der Waals surface area (Å²) in [6.07, 6.45) is 0. The third kappa shape index (κ3) is 6.66. The Hall–Kier alpha value is -4.44. The summed E-state index contributed by atoms with van der Waals surface area (Å²) in [7, 11) is 0. The largest absolute Gasteiger partial charge is 0.507 e. The van der Waals surface area contributed by atoms with Crippen molar-refractivity contribution in [2.75, 3.05) is 4.90 Å². The van der Waals surface area contributed by atoms with Crippen LogP contribution in [-0.2, 0) is 21.9 Å². The SMILES string of the molecule is Cc1ccc(CSc2nnc(N3C(=O)C(=O)/C(=C(/O)c4ccc(OCc5ccccc5C)cc4)C3c3cccc(Cl)c3)s2)cc1. The first-order chi connectivity index (χ1) is 21.8. The highest BCUT2D eigenvalue weighted by Crippen LogP contribution is 2.44. The van der Waals surface area contributed by atoms with E-state index < -0.39 is 17.7 Å². The van der Waals surface area contributed by atoms with Gasteiger partial charge in [-0.05, 0) is 72.5 Å². The summed E-state index contributed by atoms with van der Waals surface area (Å²) in [4.78, 5) is 28.4. The minimum atomic E-state index is -0.955. The van der Waals surface area contributed by atoms with E-state index in [1.807, 2.05) is 38.1 Å². The van der Waals surface area contributed by atoms with Crippen LogP contribution in [0, 0.1) is 13.8 Å². The van der Waals surface area contributed by atoms with Gasteiger partial charge in [-0.15, -0.1) is 10.2 Å². The predicted molar refractivity (Wildman–Crippen MR) is 179 cm³/mol. The zero-order valence-corrected chi connectivity index (χ0v) is 26.8. The highest BCUT2D eigenvalue weighted by Gasteiger charge is 2.48. The monoisotopic (exact) mass is 653 g/mol. The van der Waals surface area contributed by atoms with Crippen LogP contribution < -0.4 is 9.64 Å². The van der Waals surface area contributed by atoms with Crippen LogP contribution in [0.4, 0.5) is 5.13 Å². The number of nitrogens with zero attached hydrogens (tertiary/aromatic N) is 3. The Morgan fingerprint density at radius 1 is 0.956 bits per heavy atom. The van der Waals surface area contributed by atoms with Gasteiger partial charge < -0.3 is 9.84 Å². The smallest absolute Gasteiger partial charge is 0.301 e. The van der Waals surface area contributed by atoms with Crippen molar-refractivity contribution in [3.8, 4) is 5.75 Å². The Labute approximate surface area is 274 Å². The van der Waals surface area contributed by atoms with Crippen molar-refractivity contribution in [1.29, 1.82) is 0 Å². The van der Waals surface area contributed by atoms with E-state index in [0.717, 1.165) is 16.7 Å². The highest BCUT2D eigenvalue weighted by atomic mass is 35.5. The number of thioether (sulfide) groups is 1. The van der Waals surface area contributed by atoms with Gasteiger partial charge in [-0.25, -0.2) is 0 Å². The molecule has 0 spiro atoms. The molecule has 1 saturated heterocycles. The van der Waals surface area contributed by atoms with Crippen molar-refractivity contribution in [3.63, 3.8) is 0 Å². The lowest BCUT2D eigenvalue weighted by Crippen LogP contribution is -2.29. The predicted octanol–water partition coefficient (Wildman–Crippen LogP) is 8.31. The van der Waals surface area contributed by atoms with Gasteiger partial charge in [-0.3, -0.25) is 14.5 Å². The molecule has 1 aliphatic rings. The third-order valence-corrected chi connectivity index (χ3v) is 9.84. The molecule has 1 aliphatic heterocycles. The number of aliphatic hydroxyl groups is 1. The Kier molecular flexibility index (Phi) is 9.02. The van der Waals surface area contributed by atoms with Gasteiger partial charge in [0.05, 0.1) is 11.6 Å². The molecule has 1 atom stereocenters. The van der Waals surface area contributed by atoms with Gasteiger partial charge in [0, 0.05) is 16.3 Å². The van der Waals surface area contributed by atoms with E-state index in [1.165, 1.54) is 33.6 Å². The molecule has 10 heteroatoms. The van der Waals surface area contributed by atoms with Crippen molar-refractivity contribution in [3.05, 3.63) is 141 Å². The van der Waals surface area contributed by atoms with E-state index in [1.54, 1.807) is 48.5 Å². The zero-order chi connectivity index (χ0) is 31.5. The summed E-state index contributed by atoms with van der Waals surface area (Å²) in [5.41, 5.74) is 5.39. The fourth-order valence-corrected chi connectivity index (χ4v) is 7.03. The molecule has 7 nitrogen and oxygen atoms in total. The number of rotatable bonds is 9. The summed E-state index contributed by atoms with van der Waals surface area (Å²) in [5.74, 6) is -0.640. The van der Waals surface area contributed by atoms with Crippen molar-refractivity contribution in [2.24, 2.45) is 0 Å². The maximum Gasteiger partial charge on any atom is 0.301 e. The average Bonchev–Trinajstić information content (AvgIpc) is 3.62. The number of aliphatic hydroxyl groups excluding tert-OH is 1. The maximum absolute atomic E-state index is 13.6. The normalized spacial score (nSPS) is 15.9. The molecular formula is C35H28ClN3O4S2. The first-order valence-electron chi connectivity index (χ1n) is 14.1. The Morgan fingerprint density at radius 2 is 1.71 bits per heavy atom. The second-order valence-electron chi connectivity index (χ2n) is 10.6. The van der Waals surface area contributed by atoms with Crippen LogP contribution in [0.2, 0.25) is 5.02 Å². The van der Waals surface area contributed by atoms with Crippen molar-refractivity contribution in [1.82, 2.24) is 10.2 Å². The molecule has 4 aromatic carbocycles. The number of aryl methyl sites for hydroxylation is 2. The molecule has 6 rings (SSSR count). The molecular weight excluding hydrogens is 626 g/mol. The van der Waals surface area contributed by atoms with E-state index in [4.69, 9.17) is 16.3 Å². The zero-order valence-electron chi connectivity index (χ0n) is 24.4. The van der Waals surface area contributed by atoms with Crippen molar-refractivity contribution in [2.45, 2.75) is 36.6 Å². The lowest BCUT2D eigenvalue weighted by molar-refractivity contribution is -0.132. The summed E-state index contributed by atoms with van der Waals surface area (Å²) in [5, 5.41) is 20.8. The lowest BCUT2D eigenvalue weighted by atomic mass is 9.95. The quantitative estimate of drug-likeness (QED) is 0.0562. The van der Waals surface area contributed by atoms with Crippen LogP contribution >= 0.6 is 34.7 Å². The van der Waals surface area contributed by atoms with Gasteiger partial charge in [0.25, 0.3) is 5.78 Å². The molecule has 1 N–H and O–H groups in total. The summed E-state index contributed by atoms with van der Waals surface area (Å²) >= 11 is 9.05. The van der Waals surface area contributed by atoms with Crippen molar-refractivity contribution < 1.29 is 19.4 Å². The molecule has 5 aromatic rings. The maximum atomic E-state index is 13.6. The molecule has 0 radical (unpaired) electrons. The summed E-state index contributed by atoms with van der Waals surface area (Å²) < 4.78 is 6.60. The van der Waals surface area contributed by atoms with Gasteiger partial charge in [-0.1, -0.05) is 101 Å². The Morgan fingerprint density at radius 3 is 2.44 bits per heavy atom. The number of halogens is 1. The first kappa shape index (κ1) is 30.6. The van der Waals surface area contributed by atoms with E-state index in [0.29, 0.717) is 38.6 Å². The number of Topliss-reactive ketones (excluding diaryl/α,β-unsaturated/α-hetero) is 1. The number of anilines is 1. The number of carbonyl (C=O) groups is 2. The van der Waals surface area contributed by atoms with Crippen LogP contribution in [0.25, 0.3) is 5.76 Å². The number of hydrogen-bond acceptors (Lipinski definition) is 8. The molecule has 1 unspecified atom stereocenters. The van der Waals surface area contributed by atoms with Crippen LogP contribution in [0.1, 0.15) is 39.4 Å². The highest BCUT2D eigenvalue weighted by molar-refractivity contribution is 8.00. The standard InChI is InChI=1S/C35H28ClN3O4S2/c1-21-10-12-23(13-11-21)20-44-35-38-37-34(45-35)39-30(25-8-5-9-27(36)18-25)29(32(41)33(39)42)31(40)24-14-16-28(17-15-24)43-19-26-7-4-3-6-22(26)2/h3-18,30,40H,19-20H2,1-2H3/b31-29+. The number of ether oxygens (including phenoxy) is 1. The minimum absolute atomic E-state index is 0.0556. The molecule has 1 aromatic heterocycles.